The van der Waals surface area contributed by atoms with E-state index in [1.165, 1.54) is 0 Å². The molecule has 112 valence electrons. The minimum atomic E-state index is 0.437. The number of anilines is 1. The molecule has 1 aromatic heterocycles. The van der Waals surface area contributed by atoms with Crippen LogP contribution in [0.3, 0.4) is 0 Å². The highest BCUT2D eigenvalue weighted by Gasteiger charge is 2.11. The number of hydrogen-bond acceptors (Lipinski definition) is 4. The second-order valence-electron chi connectivity index (χ2n) is 4.91. The third-order valence-electron chi connectivity index (χ3n) is 2.81. The average molecular weight is 298 g/mol. The van der Waals surface area contributed by atoms with Crippen LogP contribution in [0.5, 0.6) is 0 Å². The van der Waals surface area contributed by atoms with Crippen LogP contribution in [0.1, 0.15) is 19.4 Å². The molecule has 20 heavy (non-hydrogen) atoms. The van der Waals surface area contributed by atoms with Gasteiger partial charge in [-0.15, -0.1) is 6.58 Å². The van der Waals surface area contributed by atoms with Crippen LogP contribution in [-0.4, -0.2) is 37.8 Å². The monoisotopic (exact) mass is 297 g/mol. The van der Waals surface area contributed by atoms with Crippen molar-refractivity contribution in [2.24, 2.45) is 0 Å². The molecule has 1 aromatic rings. The van der Waals surface area contributed by atoms with Gasteiger partial charge in [0.15, 0.2) is 0 Å². The van der Waals surface area contributed by atoms with Crippen molar-refractivity contribution in [3.63, 3.8) is 0 Å². The van der Waals surface area contributed by atoms with Crippen LogP contribution in [0.15, 0.2) is 24.9 Å². The van der Waals surface area contributed by atoms with E-state index in [2.05, 4.69) is 35.6 Å². The van der Waals surface area contributed by atoms with Crippen molar-refractivity contribution in [1.82, 2.24) is 10.3 Å². The normalized spacial score (nSPS) is 10.8. The van der Waals surface area contributed by atoms with Crippen molar-refractivity contribution >= 4 is 17.4 Å². The standard InChI is InChI=1S/C15H24ClN3O/c1-5-6-19(7-8-20-4)15-14(16)9-13(11-18-15)10-17-12(2)3/h5,9,11-12,17H,1,6-8,10H2,2-4H3. The van der Waals surface area contributed by atoms with Crippen LogP contribution in [0.2, 0.25) is 5.02 Å². The van der Waals surface area contributed by atoms with E-state index < -0.39 is 0 Å². The first kappa shape index (κ1) is 17.0. The number of pyridine rings is 1. The second-order valence-corrected chi connectivity index (χ2v) is 5.32. The zero-order valence-electron chi connectivity index (χ0n) is 12.5. The molecule has 1 N–H and O–H groups in total. The van der Waals surface area contributed by atoms with Crippen molar-refractivity contribution in [3.05, 3.63) is 35.5 Å². The summed E-state index contributed by atoms with van der Waals surface area (Å²) >= 11 is 6.35. The lowest BCUT2D eigenvalue weighted by atomic mass is 10.2. The van der Waals surface area contributed by atoms with E-state index in [0.717, 1.165) is 24.5 Å². The number of ether oxygens (including phenoxy) is 1. The first-order chi connectivity index (χ1) is 9.58. The molecule has 0 aliphatic rings. The molecule has 0 radical (unpaired) electrons. The van der Waals surface area contributed by atoms with E-state index in [0.29, 0.717) is 24.2 Å². The second kappa shape index (κ2) is 8.95. The molecule has 0 spiro atoms. The fourth-order valence-electron chi connectivity index (χ4n) is 1.76. The summed E-state index contributed by atoms with van der Waals surface area (Å²) in [4.78, 5) is 6.53. The van der Waals surface area contributed by atoms with E-state index in [1.807, 2.05) is 18.3 Å². The van der Waals surface area contributed by atoms with E-state index in [9.17, 15) is 0 Å². The van der Waals surface area contributed by atoms with Crippen molar-refractivity contribution < 1.29 is 4.74 Å². The Morgan fingerprint density at radius 1 is 1.55 bits per heavy atom. The van der Waals surface area contributed by atoms with Gasteiger partial charge in [0.1, 0.15) is 5.82 Å². The summed E-state index contributed by atoms with van der Waals surface area (Å²) in [6.07, 6.45) is 3.70. The van der Waals surface area contributed by atoms with Crippen LogP contribution >= 0.6 is 11.6 Å². The Morgan fingerprint density at radius 2 is 2.30 bits per heavy atom. The van der Waals surface area contributed by atoms with Gasteiger partial charge in [-0.2, -0.15) is 0 Å². The maximum atomic E-state index is 6.35. The third kappa shape index (κ3) is 5.49. The zero-order chi connectivity index (χ0) is 15.0. The van der Waals surface area contributed by atoms with Crippen LogP contribution in [0.25, 0.3) is 0 Å². The highest BCUT2D eigenvalue weighted by atomic mass is 35.5. The molecular formula is C15H24ClN3O. The minimum Gasteiger partial charge on any atom is -0.383 e. The van der Waals surface area contributed by atoms with Gasteiger partial charge in [0.25, 0.3) is 0 Å². The molecule has 0 aliphatic heterocycles. The summed E-state index contributed by atoms with van der Waals surface area (Å²) in [6, 6.07) is 2.40. The van der Waals surface area contributed by atoms with E-state index in [1.54, 1.807) is 7.11 Å². The highest BCUT2D eigenvalue weighted by molar-refractivity contribution is 6.33. The molecule has 0 saturated carbocycles. The first-order valence-electron chi connectivity index (χ1n) is 6.81. The number of aromatic nitrogens is 1. The van der Waals surface area contributed by atoms with Gasteiger partial charge in [-0.05, 0) is 11.6 Å². The summed E-state index contributed by atoms with van der Waals surface area (Å²) in [6.45, 7) is 10.8. The van der Waals surface area contributed by atoms with Crippen LogP contribution in [0, 0.1) is 0 Å². The topological polar surface area (TPSA) is 37.4 Å². The molecule has 1 rings (SSSR count). The van der Waals surface area contributed by atoms with Crippen molar-refractivity contribution in [2.75, 3.05) is 31.7 Å². The largest absolute Gasteiger partial charge is 0.383 e. The summed E-state index contributed by atoms with van der Waals surface area (Å²) in [5, 5.41) is 4.01. The Hall–Kier alpha value is -1.10. The van der Waals surface area contributed by atoms with Gasteiger partial charge in [-0.1, -0.05) is 31.5 Å². The predicted octanol–water partition coefficient (Wildman–Crippen LogP) is 2.87. The van der Waals surface area contributed by atoms with Gasteiger partial charge >= 0.3 is 0 Å². The molecule has 1 heterocycles. The Kier molecular flexibility index (Phi) is 7.59. The molecule has 5 heteroatoms. The smallest absolute Gasteiger partial charge is 0.147 e. The highest BCUT2D eigenvalue weighted by Crippen LogP contribution is 2.24. The predicted molar refractivity (Wildman–Crippen MR) is 85.5 cm³/mol. The Labute approximate surface area is 126 Å². The van der Waals surface area contributed by atoms with Gasteiger partial charge in [0, 0.05) is 39.0 Å². The Balaban J connectivity index is 2.80. The van der Waals surface area contributed by atoms with Crippen molar-refractivity contribution in [1.29, 1.82) is 0 Å². The quantitative estimate of drug-likeness (QED) is 0.711. The molecule has 0 amide bonds. The number of rotatable bonds is 9. The third-order valence-corrected chi connectivity index (χ3v) is 3.09. The van der Waals surface area contributed by atoms with Crippen molar-refractivity contribution in [3.8, 4) is 0 Å². The van der Waals surface area contributed by atoms with E-state index in [4.69, 9.17) is 16.3 Å². The number of nitrogens with zero attached hydrogens (tertiary/aromatic N) is 2. The lowest BCUT2D eigenvalue weighted by Crippen LogP contribution is -2.28. The molecule has 0 atom stereocenters. The molecule has 0 saturated heterocycles. The molecule has 0 unspecified atom stereocenters. The van der Waals surface area contributed by atoms with Crippen LogP contribution < -0.4 is 10.2 Å². The minimum absolute atomic E-state index is 0.437. The van der Waals surface area contributed by atoms with E-state index >= 15 is 0 Å². The summed E-state index contributed by atoms with van der Waals surface area (Å²) < 4.78 is 5.11. The molecule has 4 nitrogen and oxygen atoms in total. The Bertz CT molecular complexity index is 424. The molecule has 0 bridgehead atoms. The fraction of sp³-hybridized carbons (Fsp3) is 0.533. The molecule has 0 aromatic carbocycles. The molecule has 0 fully saturated rings. The Morgan fingerprint density at radius 3 is 2.85 bits per heavy atom. The first-order valence-corrected chi connectivity index (χ1v) is 7.18. The fourth-order valence-corrected chi connectivity index (χ4v) is 2.07. The zero-order valence-corrected chi connectivity index (χ0v) is 13.3. The molecule has 0 aliphatic carbocycles. The maximum Gasteiger partial charge on any atom is 0.147 e. The lowest BCUT2D eigenvalue weighted by molar-refractivity contribution is 0.205. The summed E-state index contributed by atoms with van der Waals surface area (Å²) in [5.74, 6) is 0.775. The SMILES string of the molecule is C=CCN(CCOC)c1ncc(CNC(C)C)cc1Cl. The molecular weight excluding hydrogens is 274 g/mol. The van der Waals surface area contributed by atoms with Gasteiger partial charge < -0.3 is 15.0 Å². The van der Waals surface area contributed by atoms with Gasteiger partial charge in [0.2, 0.25) is 0 Å². The number of nitrogens with one attached hydrogen (secondary N) is 1. The lowest BCUT2D eigenvalue weighted by Gasteiger charge is -2.23. The van der Waals surface area contributed by atoms with Gasteiger partial charge in [-0.3, -0.25) is 0 Å². The van der Waals surface area contributed by atoms with Gasteiger partial charge in [0.05, 0.1) is 11.6 Å². The number of hydrogen-bond donors (Lipinski definition) is 1. The van der Waals surface area contributed by atoms with Crippen molar-refractivity contribution in [2.45, 2.75) is 26.4 Å². The summed E-state index contributed by atoms with van der Waals surface area (Å²) in [5.41, 5.74) is 1.08. The summed E-state index contributed by atoms with van der Waals surface area (Å²) in [7, 11) is 1.68. The average Bonchev–Trinajstić information content (AvgIpc) is 2.41. The number of methoxy groups -OCH3 is 1. The number of halogens is 1. The van der Waals surface area contributed by atoms with Crippen LogP contribution in [-0.2, 0) is 11.3 Å². The van der Waals surface area contributed by atoms with Crippen LogP contribution in [0.4, 0.5) is 5.82 Å². The van der Waals surface area contributed by atoms with Gasteiger partial charge in [-0.25, -0.2) is 4.98 Å². The van der Waals surface area contributed by atoms with E-state index in [-0.39, 0.29) is 0 Å². The maximum absolute atomic E-state index is 6.35.